The highest BCUT2D eigenvalue weighted by molar-refractivity contribution is 5.80. The van der Waals surface area contributed by atoms with E-state index in [0.29, 0.717) is 12.6 Å². The van der Waals surface area contributed by atoms with Crippen LogP contribution in [-0.4, -0.2) is 41.4 Å². The number of nitrogens with zero attached hydrogens (tertiary/aromatic N) is 4. The number of para-hydroxylation sites is 2. The van der Waals surface area contributed by atoms with Crippen molar-refractivity contribution in [3.05, 3.63) is 78.6 Å². The van der Waals surface area contributed by atoms with Crippen LogP contribution in [0.25, 0.3) is 5.69 Å². The molecule has 1 atom stereocenters. The standard InChI is InChI=1S/C23H28N6/c1-2-24-23(26-20-13-15-28(18-20)21-9-5-3-6-10-21)25-17-19-14-16-29(27-19)22-11-7-4-8-12-22/h3-12,14,16,20H,2,13,15,17-18H2,1H3,(H2,24,25,26). The summed E-state index contributed by atoms with van der Waals surface area (Å²) in [5, 5.41) is 11.6. The number of rotatable bonds is 6. The van der Waals surface area contributed by atoms with Crippen molar-refractivity contribution in [3.63, 3.8) is 0 Å². The Labute approximate surface area is 172 Å². The molecule has 0 amide bonds. The molecule has 2 heterocycles. The monoisotopic (exact) mass is 388 g/mol. The highest BCUT2D eigenvalue weighted by Crippen LogP contribution is 2.19. The smallest absolute Gasteiger partial charge is 0.191 e. The largest absolute Gasteiger partial charge is 0.369 e. The van der Waals surface area contributed by atoms with Crippen molar-refractivity contribution < 1.29 is 0 Å². The van der Waals surface area contributed by atoms with Gasteiger partial charge >= 0.3 is 0 Å². The third-order valence-electron chi connectivity index (χ3n) is 5.06. The minimum Gasteiger partial charge on any atom is -0.369 e. The average molecular weight is 389 g/mol. The number of aliphatic imine (C=N–C) groups is 1. The molecule has 29 heavy (non-hydrogen) atoms. The average Bonchev–Trinajstić information content (AvgIpc) is 3.43. The molecule has 0 radical (unpaired) electrons. The Balaban J connectivity index is 1.37. The maximum absolute atomic E-state index is 4.75. The number of guanidine groups is 1. The van der Waals surface area contributed by atoms with Crippen LogP contribution in [0.15, 0.2) is 77.9 Å². The van der Waals surface area contributed by atoms with Gasteiger partial charge in [-0.2, -0.15) is 5.10 Å². The fraction of sp³-hybridized carbons (Fsp3) is 0.304. The van der Waals surface area contributed by atoms with Gasteiger partial charge in [0.2, 0.25) is 0 Å². The molecule has 6 heteroatoms. The van der Waals surface area contributed by atoms with Crippen LogP contribution in [0.1, 0.15) is 19.0 Å². The maximum Gasteiger partial charge on any atom is 0.191 e. The molecule has 0 spiro atoms. The molecule has 1 aliphatic heterocycles. The second-order valence-electron chi connectivity index (χ2n) is 7.19. The van der Waals surface area contributed by atoms with Crippen LogP contribution in [0.5, 0.6) is 0 Å². The van der Waals surface area contributed by atoms with E-state index >= 15 is 0 Å². The third-order valence-corrected chi connectivity index (χ3v) is 5.06. The van der Waals surface area contributed by atoms with Crippen LogP contribution in [0, 0.1) is 0 Å². The summed E-state index contributed by atoms with van der Waals surface area (Å²) in [5.41, 5.74) is 3.29. The zero-order chi connectivity index (χ0) is 19.9. The van der Waals surface area contributed by atoms with Gasteiger partial charge in [-0.05, 0) is 43.7 Å². The van der Waals surface area contributed by atoms with Gasteiger partial charge in [0, 0.05) is 37.6 Å². The van der Waals surface area contributed by atoms with Crippen molar-refractivity contribution in [2.75, 3.05) is 24.5 Å². The number of benzene rings is 2. The highest BCUT2D eigenvalue weighted by Gasteiger charge is 2.23. The van der Waals surface area contributed by atoms with Gasteiger partial charge in [0.05, 0.1) is 17.9 Å². The number of aromatic nitrogens is 2. The molecule has 2 N–H and O–H groups in total. The molecule has 0 aliphatic carbocycles. The molecule has 2 aromatic carbocycles. The summed E-state index contributed by atoms with van der Waals surface area (Å²) in [6, 6.07) is 23.1. The summed E-state index contributed by atoms with van der Waals surface area (Å²) in [6.45, 7) is 5.51. The lowest BCUT2D eigenvalue weighted by atomic mass is 10.3. The van der Waals surface area contributed by atoms with Gasteiger partial charge in [0.25, 0.3) is 0 Å². The topological polar surface area (TPSA) is 57.5 Å². The van der Waals surface area contributed by atoms with Crippen LogP contribution < -0.4 is 15.5 Å². The number of hydrogen-bond donors (Lipinski definition) is 2. The zero-order valence-electron chi connectivity index (χ0n) is 16.8. The van der Waals surface area contributed by atoms with E-state index in [9.17, 15) is 0 Å². The van der Waals surface area contributed by atoms with Crippen LogP contribution in [-0.2, 0) is 6.54 Å². The van der Waals surface area contributed by atoms with Gasteiger partial charge in [0.15, 0.2) is 5.96 Å². The van der Waals surface area contributed by atoms with E-state index in [0.717, 1.165) is 43.4 Å². The van der Waals surface area contributed by atoms with E-state index in [4.69, 9.17) is 4.99 Å². The second-order valence-corrected chi connectivity index (χ2v) is 7.19. The Morgan fingerprint density at radius 2 is 1.76 bits per heavy atom. The lowest BCUT2D eigenvalue weighted by Crippen LogP contribution is -2.44. The molecule has 6 nitrogen and oxygen atoms in total. The van der Waals surface area contributed by atoms with Crippen molar-refractivity contribution in [2.24, 2.45) is 4.99 Å². The molecule has 1 saturated heterocycles. The number of hydrogen-bond acceptors (Lipinski definition) is 3. The Hall–Kier alpha value is -3.28. The first kappa shape index (κ1) is 19.1. The van der Waals surface area contributed by atoms with Crippen molar-refractivity contribution in [2.45, 2.75) is 25.9 Å². The Morgan fingerprint density at radius 3 is 2.48 bits per heavy atom. The quantitative estimate of drug-likeness (QED) is 0.503. The predicted octanol–water partition coefficient (Wildman–Crippen LogP) is 3.21. The second kappa shape index (κ2) is 9.28. The number of nitrogens with one attached hydrogen (secondary N) is 2. The minimum absolute atomic E-state index is 0.384. The molecule has 0 bridgehead atoms. The van der Waals surface area contributed by atoms with Crippen LogP contribution in [0.3, 0.4) is 0 Å². The van der Waals surface area contributed by atoms with Gasteiger partial charge in [-0.3, -0.25) is 0 Å². The maximum atomic E-state index is 4.75. The molecule has 150 valence electrons. The molecular weight excluding hydrogens is 360 g/mol. The molecular formula is C23H28N6. The summed E-state index contributed by atoms with van der Waals surface area (Å²) in [7, 11) is 0. The predicted molar refractivity (Wildman–Crippen MR) is 119 cm³/mol. The normalized spacial score (nSPS) is 16.8. The number of anilines is 1. The Bertz CT molecular complexity index is 919. The SMILES string of the molecule is CCNC(=NCc1ccn(-c2ccccc2)n1)NC1CCN(c2ccccc2)C1. The molecule has 1 aromatic heterocycles. The van der Waals surface area contributed by atoms with Gasteiger partial charge in [-0.25, -0.2) is 9.67 Å². The molecule has 4 rings (SSSR count). The minimum atomic E-state index is 0.384. The van der Waals surface area contributed by atoms with E-state index in [1.165, 1.54) is 5.69 Å². The summed E-state index contributed by atoms with van der Waals surface area (Å²) >= 11 is 0. The van der Waals surface area contributed by atoms with Gasteiger partial charge < -0.3 is 15.5 Å². The van der Waals surface area contributed by atoms with E-state index in [1.807, 2.05) is 47.3 Å². The van der Waals surface area contributed by atoms with Crippen LogP contribution >= 0.6 is 0 Å². The van der Waals surface area contributed by atoms with Crippen molar-refractivity contribution in [1.29, 1.82) is 0 Å². The molecule has 1 fully saturated rings. The van der Waals surface area contributed by atoms with E-state index in [2.05, 4.69) is 57.9 Å². The lowest BCUT2D eigenvalue weighted by molar-refractivity contribution is 0.648. The Kier molecular flexibility index (Phi) is 6.10. The van der Waals surface area contributed by atoms with Gasteiger partial charge in [-0.1, -0.05) is 36.4 Å². The van der Waals surface area contributed by atoms with E-state index in [-0.39, 0.29) is 0 Å². The fourth-order valence-corrected chi connectivity index (χ4v) is 3.60. The van der Waals surface area contributed by atoms with Crippen molar-refractivity contribution in [1.82, 2.24) is 20.4 Å². The van der Waals surface area contributed by atoms with Crippen molar-refractivity contribution in [3.8, 4) is 5.69 Å². The van der Waals surface area contributed by atoms with E-state index in [1.54, 1.807) is 0 Å². The molecule has 0 saturated carbocycles. The fourth-order valence-electron chi connectivity index (χ4n) is 3.60. The van der Waals surface area contributed by atoms with Gasteiger partial charge in [-0.15, -0.1) is 0 Å². The van der Waals surface area contributed by atoms with Crippen LogP contribution in [0.4, 0.5) is 5.69 Å². The highest BCUT2D eigenvalue weighted by atomic mass is 15.3. The summed E-state index contributed by atoms with van der Waals surface area (Å²) in [4.78, 5) is 7.17. The molecule has 1 unspecified atom stereocenters. The van der Waals surface area contributed by atoms with Gasteiger partial charge in [0.1, 0.15) is 0 Å². The molecule has 1 aliphatic rings. The first-order valence-corrected chi connectivity index (χ1v) is 10.3. The lowest BCUT2D eigenvalue weighted by Gasteiger charge is -2.20. The first-order chi connectivity index (χ1) is 14.3. The summed E-state index contributed by atoms with van der Waals surface area (Å²) in [5.74, 6) is 0.849. The van der Waals surface area contributed by atoms with E-state index < -0.39 is 0 Å². The van der Waals surface area contributed by atoms with Crippen molar-refractivity contribution >= 4 is 11.6 Å². The van der Waals surface area contributed by atoms with Crippen LogP contribution in [0.2, 0.25) is 0 Å². The zero-order valence-corrected chi connectivity index (χ0v) is 16.8. The molecule has 3 aromatic rings. The third kappa shape index (κ3) is 4.96. The summed E-state index contributed by atoms with van der Waals surface area (Å²) in [6.07, 6.45) is 3.08. The summed E-state index contributed by atoms with van der Waals surface area (Å²) < 4.78 is 1.89. The Morgan fingerprint density at radius 1 is 1.03 bits per heavy atom. The first-order valence-electron chi connectivity index (χ1n) is 10.3.